The van der Waals surface area contributed by atoms with Crippen LogP contribution in [0.15, 0.2) is 42.5 Å². The molecule has 0 aliphatic rings. The molecule has 2 aromatic rings. The van der Waals surface area contributed by atoms with Gasteiger partial charge in [-0.2, -0.15) is 0 Å². The summed E-state index contributed by atoms with van der Waals surface area (Å²) in [5.74, 6) is 0.925. The molecule has 140 valence electrons. The average molecular weight is 379 g/mol. The molecule has 0 aliphatic carbocycles. The Kier molecular flexibility index (Phi) is 8.45. The van der Waals surface area contributed by atoms with E-state index in [0.717, 1.165) is 0 Å². The Hall–Kier alpha value is -2.73. The van der Waals surface area contributed by atoms with Crippen LogP contribution in [0.3, 0.4) is 0 Å². The molecule has 7 heteroatoms. The van der Waals surface area contributed by atoms with Crippen LogP contribution in [0.2, 0.25) is 0 Å². The fraction of sp³-hybridized carbons (Fsp3) is 0.263. The summed E-state index contributed by atoms with van der Waals surface area (Å²) in [5.41, 5.74) is 7.36. The number of hydrogen-bond donors (Lipinski definition) is 2. The standard InChI is InChI=1S/C19H22N2O4.ClH/c1-3-25-15-7-4-13(5-8-15)17(22)9-11-19(23)21-14-6-10-18(24-2)16(20)12-14;/h4-8,10,12H,3,9,11,20H2,1-2H3,(H,21,23);1H. The second kappa shape index (κ2) is 10.3. The van der Waals surface area contributed by atoms with Gasteiger partial charge in [0.1, 0.15) is 11.5 Å². The van der Waals surface area contributed by atoms with Gasteiger partial charge in [-0.15, -0.1) is 12.4 Å². The molecule has 0 heterocycles. The normalized spacial score (nSPS) is 9.77. The lowest BCUT2D eigenvalue weighted by Crippen LogP contribution is -2.13. The average Bonchev–Trinajstić information content (AvgIpc) is 2.61. The Labute approximate surface area is 159 Å². The third-order valence-electron chi connectivity index (χ3n) is 3.58. The number of ketones is 1. The van der Waals surface area contributed by atoms with E-state index in [0.29, 0.717) is 35.0 Å². The van der Waals surface area contributed by atoms with Crippen molar-refractivity contribution in [3.05, 3.63) is 48.0 Å². The number of halogens is 1. The first-order valence-electron chi connectivity index (χ1n) is 8.03. The number of anilines is 2. The van der Waals surface area contributed by atoms with E-state index in [4.69, 9.17) is 15.2 Å². The molecule has 6 nitrogen and oxygen atoms in total. The zero-order valence-corrected chi connectivity index (χ0v) is 15.6. The van der Waals surface area contributed by atoms with E-state index in [1.807, 2.05) is 6.92 Å². The molecule has 0 spiro atoms. The second-order valence-corrected chi connectivity index (χ2v) is 5.39. The van der Waals surface area contributed by atoms with E-state index in [9.17, 15) is 9.59 Å². The molecule has 0 bridgehead atoms. The van der Waals surface area contributed by atoms with Crippen LogP contribution in [-0.4, -0.2) is 25.4 Å². The molecular formula is C19H23ClN2O4. The van der Waals surface area contributed by atoms with E-state index < -0.39 is 0 Å². The molecule has 0 unspecified atom stereocenters. The molecule has 2 rings (SSSR count). The van der Waals surface area contributed by atoms with Crippen molar-refractivity contribution >= 4 is 35.5 Å². The van der Waals surface area contributed by atoms with Crippen LogP contribution in [0.25, 0.3) is 0 Å². The zero-order valence-electron chi connectivity index (χ0n) is 14.8. The Morgan fingerprint density at radius 3 is 2.35 bits per heavy atom. The second-order valence-electron chi connectivity index (χ2n) is 5.39. The van der Waals surface area contributed by atoms with Crippen molar-refractivity contribution in [1.82, 2.24) is 0 Å². The summed E-state index contributed by atoms with van der Waals surface area (Å²) in [7, 11) is 1.52. The first-order valence-corrected chi connectivity index (χ1v) is 8.03. The zero-order chi connectivity index (χ0) is 18.2. The van der Waals surface area contributed by atoms with Crippen LogP contribution < -0.4 is 20.5 Å². The number of amides is 1. The molecule has 0 aromatic heterocycles. The minimum absolute atomic E-state index is 0. The predicted molar refractivity (Wildman–Crippen MR) is 104 cm³/mol. The highest BCUT2D eigenvalue weighted by Crippen LogP contribution is 2.24. The number of hydrogen-bond acceptors (Lipinski definition) is 5. The fourth-order valence-electron chi connectivity index (χ4n) is 2.31. The Bertz CT molecular complexity index is 748. The third kappa shape index (κ3) is 5.97. The molecule has 0 saturated heterocycles. The number of benzene rings is 2. The maximum atomic E-state index is 12.2. The summed E-state index contributed by atoms with van der Waals surface area (Å²) in [6.45, 7) is 2.47. The van der Waals surface area contributed by atoms with Crippen molar-refractivity contribution in [2.45, 2.75) is 19.8 Å². The van der Waals surface area contributed by atoms with Gasteiger partial charge in [-0.1, -0.05) is 0 Å². The summed E-state index contributed by atoms with van der Waals surface area (Å²) in [5, 5.41) is 2.72. The molecule has 0 saturated carbocycles. The van der Waals surface area contributed by atoms with Crippen molar-refractivity contribution in [2.75, 3.05) is 24.8 Å². The molecule has 26 heavy (non-hydrogen) atoms. The topological polar surface area (TPSA) is 90.7 Å². The van der Waals surface area contributed by atoms with Crippen LogP contribution in [0, 0.1) is 0 Å². The van der Waals surface area contributed by atoms with Gasteiger partial charge in [-0.3, -0.25) is 9.59 Å². The summed E-state index contributed by atoms with van der Waals surface area (Å²) in [4.78, 5) is 24.1. The van der Waals surface area contributed by atoms with Crippen LogP contribution in [0.5, 0.6) is 11.5 Å². The predicted octanol–water partition coefficient (Wildman–Crippen LogP) is 3.70. The van der Waals surface area contributed by atoms with E-state index in [1.54, 1.807) is 42.5 Å². The number of Topliss-reactive ketones (excluding diaryl/α,β-unsaturated/α-hetero) is 1. The summed E-state index contributed by atoms with van der Waals surface area (Å²) < 4.78 is 10.4. The van der Waals surface area contributed by atoms with Crippen molar-refractivity contribution in [1.29, 1.82) is 0 Å². The number of rotatable bonds is 8. The van der Waals surface area contributed by atoms with Gasteiger partial charge < -0.3 is 20.5 Å². The molecular weight excluding hydrogens is 356 g/mol. The maximum Gasteiger partial charge on any atom is 0.224 e. The number of methoxy groups -OCH3 is 1. The molecule has 0 aliphatic heterocycles. The lowest BCUT2D eigenvalue weighted by Gasteiger charge is -2.09. The number of nitrogens with two attached hydrogens (primary N) is 1. The minimum atomic E-state index is -0.246. The smallest absolute Gasteiger partial charge is 0.224 e. The van der Waals surface area contributed by atoms with E-state index >= 15 is 0 Å². The largest absolute Gasteiger partial charge is 0.495 e. The van der Waals surface area contributed by atoms with E-state index in [2.05, 4.69) is 5.32 Å². The highest BCUT2D eigenvalue weighted by atomic mass is 35.5. The Morgan fingerprint density at radius 2 is 1.77 bits per heavy atom. The summed E-state index contributed by atoms with van der Waals surface area (Å²) in [6, 6.07) is 11.9. The van der Waals surface area contributed by atoms with Gasteiger partial charge in [0, 0.05) is 24.1 Å². The molecule has 2 aromatic carbocycles. The number of carbonyl (C=O) groups is 2. The first-order chi connectivity index (χ1) is 12.0. The first kappa shape index (κ1) is 21.3. The quantitative estimate of drug-likeness (QED) is 0.540. The van der Waals surface area contributed by atoms with Gasteiger partial charge in [0.15, 0.2) is 5.78 Å². The van der Waals surface area contributed by atoms with E-state index in [-0.39, 0.29) is 36.9 Å². The van der Waals surface area contributed by atoms with Gasteiger partial charge >= 0.3 is 0 Å². The lowest BCUT2D eigenvalue weighted by molar-refractivity contribution is -0.116. The number of ether oxygens (including phenoxy) is 2. The van der Waals surface area contributed by atoms with Gasteiger partial charge in [0.25, 0.3) is 0 Å². The van der Waals surface area contributed by atoms with Crippen molar-refractivity contribution < 1.29 is 19.1 Å². The summed E-state index contributed by atoms with van der Waals surface area (Å²) in [6.07, 6.45) is 0.226. The highest BCUT2D eigenvalue weighted by molar-refractivity contribution is 6.00. The van der Waals surface area contributed by atoms with E-state index in [1.165, 1.54) is 7.11 Å². The fourth-order valence-corrected chi connectivity index (χ4v) is 2.31. The highest BCUT2D eigenvalue weighted by Gasteiger charge is 2.10. The number of carbonyl (C=O) groups excluding carboxylic acids is 2. The van der Waals surface area contributed by atoms with Gasteiger partial charge in [-0.05, 0) is 49.4 Å². The SMILES string of the molecule is CCOc1ccc(C(=O)CCC(=O)Nc2ccc(OC)c(N)c2)cc1.Cl. The third-order valence-corrected chi connectivity index (χ3v) is 3.58. The van der Waals surface area contributed by atoms with Gasteiger partial charge in [-0.25, -0.2) is 0 Å². The number of nitrogen functional groups attached to an aromatic ring is 1. The molecule has 0 radical (unpaired) electrons. The minimum Gasteiger partial charge on any atom is -0.495 e. The van der Waals surface area contributed by atoms with Crippen molar-refractivity contribution in [3.8, 4) is 11.5 Å². The molecule has 3 N–H and O–H groups in total. The van der Waals surface area contributed by atoms with Crippen LogP contribution >= 0.6 is 12.4 Å². The Morgan fingerprint density at radius 1 is 1.08 bits per heavy atom. The van der Waals surface area contributed by atoms with Gasteiger partial charge in [0.2, 0.25) is 5.91 Å². The van der Waals surface area contributed by atoms with Crippen LogP contribution in [0.1, 0.15) is 30.1 Å². The van der Waals surface area contributed by atoms with Gasteiger partial charge in [0.05, 0.1) is 19.4 Å². The van der Waals surface area contributed by atoms with Crippen LogP contribution in [-0.2, 0) is 4.79 Å². The molecule has 0 atom stereocenters. The van der Waals surface area contributed by atoms with Crippen molar-refractivity contribution in [3.63, 3.8) is 0 Å². The summed E-state index contributed by atoms with van der Waals surface area (Å²) >= 11 is 0. The number of nitrogens with one attached hydrogen (secondary N) is 1. The lowest BCUT2D eigenvalue weighted by atomic mass is 10.1. The molecule has 1 amide bonds. The monoisotopic (exact) mass is 378 g/mol. The molecule has 0 fully saturated rings. The van der Waals surface area contributed by atoms with Crippen molar-refractivity contribution in [2.24, 2.45) is 0 Å². The maximum absolute atomic E-state index is 12.2. The van der Waals surface area contributed by atoms with Crippen LogP contribution in [0.4, 0.5) is 11.4 Å². The Balaban J connectivity index is 0.00000338.